The van der Waals surface area contributed by atoms with E-state index in [1.54, 1.807) is 0 Å². The molecule has 0 spiro atoms. The number of nitrogens with one attached hydrogen (secondary N) is 2. The molecule has 1 amide bonds. The normalized spacial score (nSPS) is 13.2. The fraction of sp³-hybridized carbons (Fsp3) is 0.308. The fourth-order valence-corrected chi connectivity index (χ4v) is 1.93. The molecule has 1 rings (SSSR count). The second-order valence-electron chi connectivity index (χ2n) is 3.99. The number of hydrogen-bond donors (Lipinski definition) is 3. The van der Waals surface area contributed by atoms with Gasteiger partial charge in [0.1, 0.15) is 6.61 Å². The lowest BCUT2D eigenvalue weighted by Gasteiger charge is -2.12. The van der Waals surface area contributed by atoms with E-state index >= 15 is 0 Å². The Labute approximate surface area is 120 Å². The van der Waals surface area contributed by atoms with Gasteiger partial charge in [0, 0.05) is 12.6 Å². The van der Waals surface area contributed by atoms with E-state index in [-0.39, 0.29) is 12.6 Å². The molecule has 7 heteroatoms. The van der Waals surface area contributed by atoms with Crippen LogP contribution in [0.2, 0.25) is 0 Å². The zero-order valence-electron chi connectivity index (χ0n) is 11.0. The summed E-state index contributed by atoms with van der Waals surface area (Å²) in [6.45, 7) is 4.05. The maximum atomic E-state index is 11.4. The summed E-state index contributed by atoms with van der Waals surface area (Å²) in [5.74, 6) is 0. The van der Waals surface area contributed by atoms with Gasteiger partial charge in [0.25, 0.3) is 0 Å². The number of hydrogen-bond acceptors (Lipinski definition) is 3. The van der Waals surface area contributed by atoms with Gasteiger partial charge in [0.2, 0.25) is 11.3 Å². The summed E-state index contributed by atoms with van der Waals surface area (Å²) in [5, 5.41) is 2.56. The first-order valence-corrected chi connectivity index (χ1v) is 7.16. The van der Waals surface area contributed by atoms with E-state index in [0.29, 0.717) is 13.0 Å². The molecular formula is C13H18N2O4S. The Bertz CT molecular complexity index is 453. The summed E-state index contributed by atoms with van der Waals surface area (Å²) in [6.07, 6.45) is 1.42. The summed E-state index contributed by atoms with van der Waals surface area (Å²) < 4.78 is 26.6. The Morgan fingerprint density at radius 2 is 2.15 bits per heavy atom. The van der Waals surface area contributed by atoms with Gasteiger partial charge in [-0.05, 0) is 12.0 Å². The Morgan fingerprint density at radius 1 is 1.45 bits per heavy atom. The topological polar surface area (TPSA) is 87.7 Å². The van der Waals surface area contributed by atoms with Crippen molar-refractivity contribution in [1.82, 2.24) is 10.0 Å². The molecule has 2 atom stereocenters. The summed E-state index contributed by atoms with van der Waals surface area (Å²) in [7, 11) is 0. The van der Waals surface area contributed by atoms with Crippen LogP contribution in [0.1, 0.15) is 12.0 Å². The molecule has 0 aliphatic rings. The van der Waals surface area contributed by atoms with Gasteiger partial charge in [-0.25, -0.2) is 13.7 Å². The van der Waals surface area contributed by atoms with Gasteiger partial charge in [0.15, 0.2) is 0 Å². The highest BCUT2D eigenvalue weighted by molar-refractivity contribution is 7.77. The number of alkyl carbamates (subject to hydrolysis) is 1. The van der Waals surface area contributed by atoms with Crippen LogP contribution in [-0.4, -0.2) is 27.4 Å². The first kappa shape index (κ1) is 16.4. The van der Waals surface area contributed by atoms with Gasteiger partial charge in [0.05, 0.1) is 0 Å². The largest absolute Gasteiger partial charge is 0.445 e. The molecule has 2 unspecified atom stereocenters. The maximum Gasteiger partial charge on any atom is 0.407 e. The minimum absolute atomic E-state index is 0.205. The molecule has 1 aromatic rings. The third-order valence-corrected chi connectivity index (χ3v) is 2.98. The molecule has 6 nitrogen and oxygen atoms in total. The van der Waals surface area contributed by atoms with Crippen LogP contribution in [0.4, 0.5) is 4.79 Å². The number of benzene rings is 1. The monoisotopic (exact) mass is 298 g/mol. The number of carbonyl (C=O) groups is 1. The molecule has 0 bridgehead atoms. The lowest BCUT2D eigenvalue weighted by molar-refractivity contribution is 0.139. The van der Waals surface area contributed by atoms with E-state index < -0.39 is 17.4 Å². The Morgan fingerprint density at radius 3 is 2.75 bits per heavy atom. The van der Waals surface area contributed by atoms with Crippen molar-refractivity contribution in [3.63, 3.8) is 0 Å². The van der Waals surface area contributed by atoms with Crippen LogP contribution >= 0.6 is 0 Å². The highest BCUT2D eigenvalue weighted by Crippen LogP contribution is 2.00. The van der Waals surface area contributed by atoms with Crippen LogP contribution in [0.15, 0.2) is 43.0 Å². The van der Waals surface area contributed by atoms with E-state index in [4.69, 9.17) is 9.29 Å². The van der Waals surface area contributed by atoms with Gasteiger partial charge in [-0.3, -0.25) is 4.55 Å². The quantitative estimate of drug-likeness (QED) is 0.502. The Balaban J connectivity index is 2.19. The van der Waals surface area contributed by atoms with Gasteiger partial charge in [-0.15, -0.1) is 6.58 Å². The van der Waals surface area contributed by atoms with Crippen molar-refractivity contribution >= 4 is 17.4 Å². The molecule has 20 heavy (non-hydrogen) atoms. The smallest absolute Gasteiger partial charge is 0.407 e. The molecule has 0 fully saturated rings. The predicted octanol–water partition coefficient (Wildman–Crippen LogP) is 1.58. The zero-order chi connectivity index (χ0) is 14.8. The SMILES string of the molecule is C=CC(CCNC(=O)OCc1ccccc1)NS(=O)O. The summed E-state index contributed by atoms with van der Waals surface area (Å²) in [4.78, 5) is 11.4. The zero-order valence-corrected chi connectivity index (χ0v) is 11.8. The Hall–Kier alpha value is -1.70. The minimum Gasteiger partial charge on any atom is -0.445 e. The van der Waals surface area contributed by atoms with Crippen LogP contribution in [0.25, 0.3) is 0 Å². The van der Waals surface area contributed by atoms with Crippen molar-refractivity contribution in [2.24, 2.45) is 0 Å². The molecule has 0 aromatic heterocycles. The van der Waals surface area contributed by atoms with Gasteiger partial charge < -0.3 is 10.1 Å². The number of carbonyl (C=O) groups excluding carboxylic acids is 1. The van der Waals surface area contributed by atoms with E-state index in [0.717, 1.165) is 5.56 Å². The lowest BCUT2D eigenvalue weighted by Crippen LogP contribution is -2.34. The molecule has 3 N–H and O–H groups in total. The molecule has 0 radical (unpaired) electrons. The van der Waals surface area contributed by atoms with Crippen LogP contribution < -0.4 is 10.0 Å². The van der Waals surface area contributed by atoms with Crippen molar-refractivity contribution < 1.29 is 18.3 Å². The number of ether oxygens (including phenoxy) is 1. The average molecular weight is 298 g/mol. The van der Waals surface area contributed by atoms with Gasteiger partial charge in [-0.2, -0.15) is 0 Å². The van der Waals surface area contributed by atoms with Gasteiger partial charge >= 0.3 is 6.09 Å². The highest BCUT2D eigenvalue weighted by Gasteiger charge is 2.08. The van der Waals surface area contributed by atoms with Crippen LogP contribution in [-0.2, 0) is 22.6 Å². The van der Waals surface area contributed by atoms with E-state index in [1.165, 1.54) is 6.08 Å². The highest BCUT2D eigenvalue weighted by atomic mass is 32.2. The van der Waals surface area contributed by atoms with E-state index in [2.05, 4.69) is 16.6 Å². The minimum atomic E-state index is -2.10. The first-order chi connectivity index (χ1) is 9.61. The lowest BCUT2D eigenvalue weighted by atomic mass is 10.2. The van der Waals surface area contributed by atoms with Gasteiger partial charge in [-0.1, -0.05) is 36.4 Å². The third-order valence-electron chi connectivity index (χ3n) is 2.47. The van der Waals surface area contributed by atoms with Crippen molar-refractivity contribution in [2.75, 3.05) is 6.54 Å². The standard InChI is InChI=1S/C13H18N2O4S/c1-2-12(15-20(17)18)8-9-14-13(16)19-10-11-6-4-3-5-7-11/h2-7,12,15H,1,8-10H2,(H,14,16)(H,17,18). The van der Waals surface area contributed by atoms with Crippen LogP contribution in [0.5, 0.6) is 0 Å². The average Bonchev–Trinajstić information content (AvgIpc) is 2.44. The number of amides is 1. The van der Waals surface area contributed by atoms with Crippen molar-refractivity contribution in [3.8, 4) is 0 Å². The Kier molecular flexibility index (Phi) is 7.56. The molecule has 0 aliphatic carbocycles. The van der Waals surface area contributed by atoms with E-state index in [9.17, 15) is 9.00 Å². The third kappa shape index (κ3) is 7.03. The van der Waals surface area contributed by atoms with Crippen LogP contribution in [0, 0.1) is 0 Å². The molecule has 0 heterocycles. The summed E-state index contributed by atoms with van der Waals surface area (Å²) >= 11 is -2.10. The fourth-order valence-electron chi connectivity index (χ4n) is 1.46. The molecule has 0 aliphatic heterocycles. The predicted molar refractivity (Wildman–Crippen MR) is 77.1 cm³/mol. The van der Waals surface area contributed by atoms with Crippen molar-refractivity contribution in [1.29, 1.82) is 0 Å². The number of rotatable bonds is 8. The second-order valence-corrected chi connectivity index (χ2v) is 4.72. The molecule has 0 saturated heterocycles. The summed E-state index contributed by atoms with van der Waals surface area (Å²) in [5.41, 5.74) is 0.906. The first-order valence-electron chi connectivity index (χ1n) is 6.06. The molecular weight excluding hydrogens is 280 g/mol. The van der Waals surface area contributed by atoms with E-state index in [1.807, 2.05) is 30.3 Å². The summed E-state index contributed by atoms with van der Waals surface area (Å²) in [6, 6.07) is 8.99. The van der Waals surface area contributed by atoms with Crippen LogP contribution in [0.3, 0.4) is 0 Å². The molecule has 0 saturated carbocycles. The molecule has 1 aromatic carbocycles. The molecule has 110 valence electrons. The van der Waals surface area contributed by atoms with Crippen molar-refractivity contribution in [2.45, 2.75) is 19.1 Å². The maximum absolute atomic E-state index is 11.4. The second kappa shape index (κ2) is 9.24. The van der Waals surface area contributed by atoms with Crippen molar-refractivity contribution in [3.05, 3.63) is 48.6 Å².